The van der Waals surface area contributed by atoms with Crippen molar-refractivity contribution in [1.29, 1.82) is 0 Å². The van der Waals surface area contributed by atoms with Crippen molar-refractivity contribution in [2.75, 3.05) is 0 Å². The minimum absolute atomic E-state index is 0.590. The van der Waals surface area contributed by atoms with E-state index in [4.69, 9.17) is 19.4 Å². The molecule has 2 aromatic heterocycles. The Labute approximate surface area is 290 Å². The minimum Gasteiger partial charge on any atom is -0.456 e. The van der Waals surface area contributed by atoms with Crippen LogP contribution in [0.15, 0.2) is 174 Å². The number of benzene rings is 7. The summed E-state index contributed by atoms with van der Waals surface area (Å²) in [4.78, 5) is 15.0. The molecule has 0 spiro atoms. The highest BCUT2D eigenvalue weighted by molar-refractivity contribution is 6.13. The molecule has 0 saturated heterocycles. The van der Waals surface area contributed by atoms with Crippen LogP contribution in [0.1, 0.15) is 5.56 Å². The second-order valence-corrected chi connectivity index (χ2v) is 12.6. The Morgan fingerprint density at radius 1 is 0.360 bits per heavy atom. The standard InChI is InChI=1S/C46H31N3O/c1-30-18-20-31(21-19-30)32-22-24-33(25-23-32)36-14-8-15-37(28-36)45-47-44(35-12-6-3-7-13-35)48-46(49-45)38-26-27-40-42(29-38)50-41-17-9-16-39(43(40)41)34-10-4-2-5-11-34/h2-29H,1H3. The molecule has 0 aliphatic rings. The summed E-state index contributed by atoms with van der Waals surface area (Å²) in [7, 11) is 0. The zero-order valence-corrected chi connectivity index (χ0v) is 27.4. The second-order valence-electron chi connectivity index (χ2n) is 12.6. The molecule has 0 N–H and O–H groups in total. The van der Waals surface area contributed by atoms with Crippen LogP contribution in [0.5, 0.6) is 0 Å². The second kappa shape index (κ2) is 12.4. The quantitative estimate of drug-likeness (QED) is 0.181. The van der Waals surface area contributed by atoms with Gasteiger partial charge in [-0.15, -0.1) is 0 Å². The Bertz CT molecular complexity index is 2630. The third-order valence-electron chi connectivity index (χ3n) is 9.23. The highest BCUT2D eigenvalue weighted by Crippen LogP contribution is 2.38. The van der Waals surface area contributed by atoms with Gasteiger partial charge in [-0.3, -0.25) is 0 Å². The fourth-order valence-corrected chi connectivity index (χ4v) is 6.61. The summed E-state index contributed by atoms with van der Waals surface area (Å²) in [5.41, 5.74) is 12.5. The summed E-state index contributed by atoms with van der Waals surface area (Å²) in [6.45, 7) is 2.11. The van der Waals surface area contributed by atoms with Crippen molar-refractivity contribution < 1.29 is 4.42 Å². The number of fused-ring (bicyclic) bond motifs is 3. The van der Waals surface area contributed by atoms with E-state index in [0.29, 0.717) is 17.5 Å². The lowest BCUT2D eigenvalue weighted by Gasteiger charge is -2.10. The largest absolute Gasteiger partial charge is 0.456 e. The smallest absolute Gasteiger partial charge is 0.164 e. The SMILES string of the molecule is Cc1ccc(-c2ccc(-c3cccc(-c4nc(-c5ccccc5)nc(-c5ccc6c(c5)oc5cccc(-c7ccccc7)c56)n4)c3)cc2)cc1. The van der Waals surface area contributed by atoms with Gasteiger partial charge in [-0.05, 0) is 64.6 Å². The average molecular weight is 642 g/mol. The molecule has 4 heteroatoms. The van der Waals surface area contributed by atoms with E-state index in [1.807, 2.05) is 54.6 Å². The van der Waals surface area contributed by atoms with Gasteiger partial charge >= 0.3 is 0 Å². The molecule has 4 nitrogen and oxygen atoms in total. The van der Waals surface area contributed by atoms with Crippen LogP contribution in [0.2, 0.25) is 0 Å². The maximum absolute atomic E-state index is 6.44. The van der Waals surface area contributed by atoms with Gasteiger partial charge in [0.15, 0.2) is 17.5 Å². The normalized spacial score (nSPS) is 11.3. The molecule has 0 amide bonds. The zero-order valence-electron chi connectivity index (χ0n) is 27.4. The number of aryl methyl sites for hydroxylation is 1. The summed E-state index contributed by atoms with van der Waals surface area (Å²) in [5, 5.41) is 2.16. The lowest BCUT2D eigenvalue weighted by molar-refractivity contribution is 0.669. The van der Waals surface area contributed by atoms with E-state index in [9.17, 15) is 0 Å². The third-order valence-corrected chi connectivity index (χ3v) is 9.23. The molecule has 0 radical (unpaired) electrons. The van der Waals surface area contributed by atoms with E-state index in [0.717, 1.165) is 60.9 Å². The van der Waals surface area contributed by atoms with Crippen molar-refractivity contribution in [3.8, 4) is 67.5 Å². The molecular weight excluding hydrogens is 611 g/mol. The van der Waals surface area contributed by atoms with Crippen molar-refractivity contribution in [1.82, 2.24) is 15.0 Å². The van der Waals surface area contributed by atoms with E-state index in [2.05, 4.69) is 122 Å². The summed E-state index contributed by atoms with van der Waals surface area (Å²) in [6, 6.07) is 58.7. The molecular formula is C46H31N3O. The van der Waals surface area contributed by atoms with Gasteiger partial charge in [-0.25, -0.2) is 15.0 Å². The Hall–Kier alpha value is -6.65. The Kier molecular flexibility index (Phi) is 7.33. The predicted molar refractivity (Wildman–Crippen MR) is 204 cm³/mol. The van der Waals surface area contributed by atoms with E-state index in [-0.39, 0.29) is 0 Å². The summed E-state index contributed by atoms with van der Waals surface area (Å²) >= 11 is 0. The van der Waals surface area contributed by atoms with Gasteiger partial charge in [0.1, 0.15) is 11.2 Å². The summed E-state index contributed by atoms with van der Waals surface area (Å²) < 4.78 is 6.44. The topological polar surface area (TPSA) is 51.8 Å². The maximum Gasteiger partial charge on any atom is 0.164 e. The molecule has 9 rings (SSSR count). The molecule has 9 aromatic rings. The number of rotatable bonds is 6. The molecule has 0 unspecified atom stereocenters. The van der Waals surface area contributed by atoms with Crippen LogP contribution in [-0.4, -0.2) is 15.0 Å². The Balaban J connectivity index is 1.13. The molecule has 0 bridgehead atoms. The van der Waals surface area contributed by atoms with Crippen molar-refractivity contribution in [3.63, 3.8) is 0 Å². The van der Waals surface area contributed by atoms with E-state index < -0.39 is 0 Å². The Morgan fingerprint density at radius 2 is 0.860 bits per heavy atom. The van der Waals surface area contributed by atoms with Gasteiger partial charge in [0.25, 0.3) is 0 Å². The molecule has 2 heterocycles. The van der Waals surface area contributed by atoms with Gasteiger partial charge in [0.05, 0.1) is 0 Å². The van der Waals surface area contributed by atoms with Crippen molar-refractivity contribution in [2.24, 2.45) is 0 Å². The molecule has 0 aliphatic heterocycles. The van der Waals surface area contributed by atoms with Crippen LogP contribution in [0, 0.1) is 6.92 Å². The van der Waals surface area contributed by atoms with Gasteiger partial charge in [0.2, 0.25) is 0 Å². The fourth-order valence-electron chi connectivity index (χ4n) is 6.61. The van der Waals surface area contributed by atoms with Gasteiger partial charge in [0, 0.05) is 27.5 Å². The van der Waals surface area contributed by atoms with Gasteiger partial charge < -0.3 is 4.42 Å². The fraction of sp³-hybridized carbons (Fsp3) is 0.0217. The number of furan rings is 1. The van der Waals surface area contributed by atoms with Crippen LogP contribution in [-0.2, 0) is 0 Å². The Morgan fingerprint density at radius 3 is 1.54 bits per heavy atom. The third kappa shape index (κ3) is 5.53. The van der Waals surface area contributed by atoms with Crippen LogP contribution in [0.3, 0.4) is 0 Å². The van der Waals surface area contributed by atoms with Crippen LogP contribution in [0.25, 0.3) is 89.5 Å². The van der Waals surface area contributed by atoms with Gasteiger partial charge in [-0.1, -0.05) is 151 Å². The van der Waals surface area contributed by atoms with Crippen LogP contribution >= 0.6 is 0 Å². The highest BCUT2D eigenvalue weighted by Gasteiger charge is 2.17. The number of hydrogen-bond donors (Lipinski definition) is 0. The molecule has 7 aromatic carbocycles. The highest BCUT2D eigenvalue weighted by atomic mass is 16.3. The van der Waals surface area contributed by atoms with Crippen LogP contribution < -0.4 is 0 Å². The predicted octanol–water partition coefficient (Wildman–Crippen LogP) is 12.1. The lowest BCUT2D eigenvalue weighted by atomic mass is 9.98. The zero-order chi connectivity index (χ0) is 33.4. The van der Waals surface area contributed by atoms with Crippen LogP contribution in [0.4, 0.5) is 0 Å². The summed E-state index contributed by atoms with van der Waals surface area (Å²) in [5.74, 6) is 1.82. The first kappa shape index (κ1) is 29.5. The van der Waals surface area contributed by atoms with E-state index in [1.54, 1.807) is 0 Å². The minimum atomic E-state index is 0.590. The van der Waals surface area contributed by atoms with Crippen molar-refractivity contribution in [2.45, 2.75) is 6.92 Å². The molecule has 50 heavy (non-hydrogen) atoms. The molecule has 0 aliphatic carbocycles. The maximum atomic E-state index is 6.44. The molecule has 0 fully saturated rings. The average Bonchev–Trinajstić information content (AvgIpc) is 3.57. The number of hydrogen-bond acceptors (Lipinski definition) is 4. The molecule has 0 atom stereocenters. The van der Waals surface area contributed by atoms with E-state index in [1.165, 1.54) is 16.7 Å². The first-order chi connectivity index (χ1) is 24.7. The van der Waals surface area contributed by atoms with E-state index >= 15 is 0 Å². The first-order valence-corrected chi connectivity index (χ1v) is 16.8. The monoisotopic (exact) mass is 641 g/mol. The molecule has 0 saturated carbocycles. The lowest BCUT2D eigenvalue weighted by Crippen LogP contribution is -2.00. The molecule has 236 valence electrons. The van der Waals surface area contributed by atoms with Gasteiger partial charge in [-0.2, -0.15) is 0 Å². The number of nitrogens with zero attached hydrogens (tertiary/aromatic N) is 3. The number of aromatic nitrogens is 3. The first-order valence-electron chi connectivity index (χ1n) is 16.8. The van der Waals surface area contributed by atoms with Crippen molar-refractivity contribution in [3.05, 3.63) is 175 Å². The van der Waals surface area contributed by atoms with Crippen molar-refractivity contribution >= 4 is 21.9 Å². The summed E-state index contributed by atoms with van der Waals surface area (Å²) in [6.07, 6.45) is 0.